The Labute approximate surface area is 188 Å². The van der Waals surface area contributed by atoms with E-state index in [2.05, 4.69) is 16.8 Å². The molecule has 1 amide bonds. The van der Waals surface area contributed by atoms with E-state index in [0.717, 1.165) is 72.0 Å². The van der Waals surface area contributed by atoms with Gasteiger partial charge in [0.1, 0.15) is 0 Å². The number of hydrogen-bond donors (Lipinski definition) is 0. The Kier molecular flexibility index (Phi) is 5.35. The molecule has 1 fully saturated rings. The second-order valence-electron chi connectivity index (χ2n) is 8.61. The molecule has 32 heavy (non-hydrogen) atoms. The molecule has 0 saturated carbocycles. The topological polar surface area (TPSA) is 66.1 Å². The summed E-state index contributed by atoms with van der Waals surface area (Å²) in [5, 5.41) is 4.69. The molecule has 2 aromatic heterocycles. The van der Waals surface area contributed by atoms with Crippen molar-refractivity contribution < 1.29 is 4.79 Å². The lowest BCUT2D eigenvalue weighted by Crippen LogP contribution is -2.35. The monoisotopic (exact) mass is 428 g/mol. The van der Waals surface area contributed by atoms with Crippen LogP contribution < -0.4 is 0 Å². The van der Waals surface area contributed by atoms with E-state index in [-0.39, 0.29) is 5.91 Å². The Morgan fingerprint density at radius 2 is 2.00 bits per heavy atom. The van der Waals surface area contributed by atoms with Crippen LogP contribution in [0.1, 0.15) is 36.8 Å². The van der Waals surface area contributed by atoms with Crippen molar-refractivity contribution in [2.24, 2.45) is 10.9 Å². The smallest absolute Gasteiger partial charge is 0.255 e. The fourth-order valence-corrected chi connectivity index (χ4v) is 4.61. The van der Waals surface area contributed by atoms with Crippen LogP contribution >= 0.6 is 0 Å². The molecule has 0 bridgehead atoms. The summed E-state index contributed by atoms with van der Waals surface area (Å²) in [6.45, 7) is 9.38. The number of amides is 1. The van der Waals surface area contributed by atoms with Crippen LogP contribution in [-0.4, -0.2) is 56.2 Å². The van der Waals surface area contributed by atoms with Gasteiger partial charge in [-0.1, -0.05) is 19.1 Å². The first kappa shape index (κ1) is 20.6. The minimum atomic E-state index is -0.0895. The van der Waals surface area contributed by atoms with Crippen molar-refractivity contribution in [3.05, 3.63) is 71.2 Å². The molecule has 5 rings (SSSR count). The third-order valence-electron chi connectivity index (χ3n) is 6.45. The number of aryl methyl sites for hydroxylation is 2. The Morgan fingerprint density at radius 1 is 1.19 bits per heavy atom. The highest BCUT2D eigenvalue weighted by molar-refractivity contribution is 6.02. The summed E-state index contributed by atoms with van der Waals surface area (Å²) in [4.78, 5) is 26.7. The average Bonchev–Trinajstić information content (AvgIpc) is 3.21. The second-order valence-corrected chi connectivity index (χ2v) is 8.61. The van der Waals surface area contributed by atoms with Crippen LogP contribution in [0.25, 0.3) is 11.1 Å². The van der Waals surface area contributed by atoms with E-state index in [1.807, 2.05) is 61.3 Å². The van der Waals surface area contributed by atoms with Gasteiger partial charge < -0.3 is 4.90 Å². The van der Waals surface area contributed by atoms with Crippen LogP contribution in [-0.2, 0) is 4.79 Å². The summed E-state index contributed by atoms with van der Waals surface area (Å²) < 4.78 is 1.83. The van der Waals surface area contributed by atoms with Gasteiger partial charge in [-0.15, -0.1) is 0 Å². The molecule has 0 spiro atoms. The summed E-state index contributed by atoms with van der Waals surface area (Å²) in [6, 6.07) is 1.98. The minimum Gasteiger partial charge on any atom is -0.304 e. The van der Waals surface area contributed by atoms with Crippen molar-refractivity contribution in [3.63, 3.8) is 0 Å². The average molecular weight is 429 g/mol. The molecule has 7 nitrogen and oxygen atoms in total. The molecule has 3 aliphatic rings. The minimum absolute atomic E-state index is 0.0895. The first-order chi connectivity index (χ1) is 15.5. The fraction of sp³-hybridized carbons (Fsp3) is 0.360. The van der Waals surface area contributed by atoms with Crippen LogP contribution in [0.5, 0.6) is 0 Å². The van der Waals surface area contributed by atoms with E-state index in [0.29, 0.717) is 5.92 Å². The molecular formula is C25H28N6O. The van der Waals surface area contributed by atoms with Gasteiger partial charge >= 0.3 is 0 Å². The Balaban J connectivity index is 1.45. The lowest BCUT2D eigenvalue weighted by Gasteiger charge is -2.33. The number of fused-ring (bicyclic) bond motifs is 2. The Hall–Kier alpha value is -3.32. The first-order valence-electron chi connectivity index (χ1n) is 11.3. The molecule has 0 N–H and O–H groups in total. The maximum absolute atomic E-state index is 13.3. The molecule has 0 radical (unpaired) electrons. The van der Waals surface area contributed by atoms with E-state index in [4.69, 9.17) is 10.1 Å². The SMILES string of the molecule is CCN1CCC(C2=CN3C(=O)/C=C(c4cc5c(C)nc(C)cn5n4)\C=C\C=C3C=N2)CC1. The van der Waals surface area contributed by atoms with Crippen molar-refractivity contribution in [1.82, 2.24) is 24.4 Å². The lowest BCUT2D eigenvalue weighted by atomic mass is 9.93. The van der Waals surface area contributed by atoms with Gasteiger partial charge in [0.05, 0.1) is 46.4 Å². The van der Waals surface area contributed by atoms with Crippen molar-refractivity contribution in [2.45, 2.75) is 33.6 Å². The van der Waals surface area contributed by atoms with Crippen molar-refractivity contribution >= 4 is 23.2 Å². The van der Waals surface area contributed by atoms with Crippen molar-refractivity contribution in [3.8, 4) is 0 Å². The number of piperidine rings is 1. The standard InChI is InChI=1S/C25H28N6O/c1-4-29-10-8-19(9-11-29)23-16-30-21(14-26-23)7-5-6-20(12-25(30)32)22-13-24-18(3)27-17(2)15-31(24)28-22/h5-7,12-16,19H,4,8-11H2,1-3H3/b6-5+,20-12+,21-7?. The van der Waals surface area contributed by atoms with Gasteiger partial charge in [0, 0.05) is 23.8 Å². The Bertz CT molecular complexity index is 1220. The fourth-order valence-electron chi connectivity index (χ4n) is 4.61. The molecule has 0 unspecified atom stereocenters. The molecule has 0 aromatic carbocycles. The van der Waals surface area contributed by atoms with Crippen LogP contribution in [0.2, 0.25) is 0 Å². The zero-order chi connectivity index (χ0) is 22.2. The van der Waals surface area contributed by atoms with Gasteiger partial charge in [-0.05, 0) is 58.5 Å². The molecular weight excluding hydrogens is 400 g/mol. The van der Waals surface area contributed by atoms with Crippen molar-refractivity contribution in [2.75, 3.05) is 19.6 Å². The summed E-state index contributed by atoms with van der Waals surface area (Å²) in [7, 11) is 0. The summed E-state index contributed by atoms with van der Waals surface area (Å²) in [6.07, 6.45) is 15.2. The predicted molar refractivity (Wildman–Crippen MR) is 126 cm³/mol. The third kappa shape index (κ3) is 3.84. The molecule has 3 aliphatic heterocycles. The normalized spacial score (nSPS) is 22.7. The van der Waals surface area contributed by atoms with Crippen LogP contribution in [0.3, 0.4) is 0 Å². The predicted octanol–water partition coefficient (Wildman–Crippen LogP) is 3.67. The number of rotatable bonds is 3. The second kappa shape index (κ2) is 8.31. The van der Waals surface area contributed by atoms with Crippen molar-refractivity contribution in [1.29, 1.82) is 0 Å². The number of aromatic nitrogens is 3. The number of allylic oxidation sites excluding steroid dienone is 6. The number of nitrogens with zero attached hydrogens (tertiary/aromatic N) is 6. The number of aliphatic imine (C=N–C) groups is 1. The van der Waals surface area contributed by atoms with Gasteiger partial charge in [0.25, 0.3) is 5.91 Å². The zero-order valence-corrected chi connectivity index (χ0v) is 18.8. The lowest BCUT2D eigenvalue weighted by molar-refractivity contribution is -0.121. The summed E-state index contributed by atoms with van der Waals surface area (Å²) in [5.41, 5.74) is 6.07. The Morgan fingerprint density at radius 3 is 2.78 bits per heavy atom. The molecule has 5 heterocycles. The van der Waals surface area contributed by atoms with Gasteiger partial charge in [-0.2, -0.15) is 5.10 Å². The largest absolute Gasteiger partial charge is 0.304 e. The highest BCUT2D eigenvalue weighted by Gasteiger charge is 2.26. The number of hydrogen-bond acceptors (Lipinski definition) is 5. The van der Waals surface area contributed by atoms with E-state index in [1.54, 1.807) is 11.0 Å². The zero-order valence-electron chi connectivity index (χ0n) is 18.8. The molecule has 164 valence electrons. The van der Waals surface area contributed by atoms with Gasteiger partial charge in [-0.3, -0.25) is 19.7 Å². The maximum Gasteiger partial charge on any atom is 0.255 e. The molecule has 1 saturated heterocycles. The maximum atomic E-state index is 13.3. The highest BCUT2D eigenvalue weighted by atomic mass is 16.2. The number of carbonyl (C=O) groups excluding carboxylic acids is 1. The van der Waals surface area contributed by atoms with Gasteiger partial charge in [0.2, 0.25) is 0 Å². The number of likely N-dealkylation sites (tertiary alicyclic amines) is 1. The molecule has 2 aromatic rings. The summed E-state index contributed by atoms with van der Waals surface area (Å²) >= 11 is 0. The van der Waals surface area contributed by atoms with E-state index >= 15 is 0 Å². The quantitative estimate of drug-likeness (QED) is 0.748. The van der Waals surface area contributed by atoms with Crippen LogP contribution in [0.4, 0.5) is 0 Å². The van der Waals surface area contributed by atoms with Gasteiger partial charge in [0.15, 0.2) is 0 Å². The molecule has 0 atom stereocenters. The third-order valence-corrected chi connectivity index (χ3v) is 6.45. The van der Waals surface area contributed by atoms with E-state index in [1.165, 1.54) is 0 Å². The summed E-state index contributed by atoms with van der Waals surface area (Å²) in [5.74, 6) is 0.304. The van der Waals surface area contributed by atoms with Gasteiger partial charge in [-0.25, -0.2) is 4.52 Å². The first-order valence-corrected chi connectivity index (χ1v) is 11.3. The molecule has 7 heteroatoms. The molecule has 0 aliphatic carbocycles. The highest BCUT2D eigenvalue weighted by Crippen LogP contribution is 2.30. The van der Waals surface area contributed by atoms with E-state index < -0.39 is 0 Å². The van der Waals surface area contributed by atoms with Crippen LogP contribution in [0, 0.1) is 19.8 Å². The van der Waals surface area contributed by atoms with Crippen LogP contribution in [0.15, 0.2) is 59.2 Å². The number of carbonyl (C=O) groups is 1. The van der Waals surface area contributed by atoms with E-state index in [9.17, 15) is 4.79 Å².